The van der Waals surface area contributed by atoms with Crippen LogP contribution in [0.15, 0.2) is 134 Å². The van der Waals surface area contributed by atoms with E-state index < -0.39 is 12.7 Å². The van der Waals surface area contributed by atoms with Gasteiger partial charge in [-0.15, -0.1) is 23.6 Å². The number of nitrogens with zero attached hydrogens (tertiary/aromatic N) is 5. The molecule has 6 nitrogen and oxygen atoms in total. The van der Waals surface area contributed by atoms with Gasteiger partial charge in [0.05, 0.1) is 16.7 Å². The van der Waals surface area contributed by atoms with Crippen molar-refractivity contribution in [3.63, 3.8) is 0 Å². The molecule has 4 heterocycles. The van der Waals surface area contributed by atoms with E-state index in [1.54, 1.807) is 24.7 Å². The molecule has 0 bridgehead atoms. The maximum Gasteiger partial charge on any atom is 0.268 e. The molecule has 0 unspecified atom stereocenters. The van der Waals surface area contributed by atoms with Crippen molar-refractivity contribution in [3.8, 4) is 39.8 Å². The Kier molecular flexibility index (Phi) is 10.0. The number of imidazole rings is 1. The van der Waals surface area contributed by atoms with E-state index in [0.717, 1.165) is 55.2 Å². The Labute approximate surface area is 373 Å². The summed E-state index contributed by atoms with van der Waals surface area (Å²) < 4.78 is 47.8. The van der Waals surface area contributed by atoms with Crippen LogP contribution in [0.25, 0.3) is 61.2 Å². The molecule has 0 aliphatic carbocycles. The molecule has 7 heteroatoms. The quantitative estimate of drug-likeness (QED) is 0.101. The van der Waals surface area contributed by atoms with Crippen molar-refractivity contribution >= 4 is 32.8 Å². The second-order valence-corrected chi connectivity index (χ2v) is 16.7. The second kappa shape index (κ2) is 16.7. The van der Waals surface area contributed by atoms with E-state index in [2.05, 4.69) is 92.7 Å². The van der Waals surface area contributed by atoms with Gasteiger partial charge < -0.3 is 18.9 Å². The number of benzene rings is 5. The van der Waals surface area contributed by atoms with Crippen LogP contribution in [0.5, 0.6) is 11.5 Å². The van der Waals surface area contributed by atoms with Gasteiger partial charge in [-0.25, -0.2) is 4.98 Å². The van der Waals surface area contributed by atoms with Crippen molar-refractivity contribution in [3.05, 3.63) is 169 Å². The fourth-order valence-corrected chi connectivity index (χ4v) is 7.66. The Morgan fingerprint density at radius 3 is 2.25 bits per heavy atom. The van der Waals surface area contributed by atoms with Crippen LogP contribution >= 0.6 is 0 Å². The third kappa shape index (κ3) is 8.18. The van der Waals surface area contributed by atoms with Gasteiger partial charge in [-0.2, -0.15) is 6.07 Å². The molecule has 4 aromatic heterocycles. The zero-order chi connectivity index (χ0) is 44.4. The number of ether oxygens (including phenoxy) is 1. The molecule has 5 aromatic carbocycles. The van der Waals surface area contributed by atoms with Crippen LogP contribution in [0.4, 0.5) is 0 Å². The third-order valence-electron chi connectivity index (χ3n) is 10.4. The predicted octanol–water partition coefficient (Wildman–Crippen LogP) is 12.3. The average Bonchev–Trinajstić information content (AvgIpc) is 3.82. The number of hydrogen-bond donors (Lipinski definition) is 0. The van der Waals surface area contributed by atoms with Crippen molar-refractivity contribution in [2.45, 2.75) is 66.6 Å². The van der Waals surface area contributed by atoms with E-state index in [4.69, 9.17) is 15.2 Å². The van der Waals surface area contributed by atoms with Crippen molar-refractivity contribution in [2.75, 3.05) is 0 Å². The molecule has 0 spiro atoms. The molecule has 0 radical (unpaired) electrons. The molecular weight excluding hydrogens is 918 g/mol. The number of fused-ring (bicyclic) bond motifs is 4. The van der Waals surface area contributed by atoms with Gasteiger partial charge in [-0.3, -0.25) is 4.57 Å². The second-order valence-electron chi connectivity index (χ2n) is 16.7. The summed E-state index contributed by atoms with van der Waals surface area (Å²) in [6, 6.07) is 45.1. The van der Waals surface area contributed by atoms with Crippen molar-refractivity contribution in [2.24, 2.45) is 11.8 Å². The average molecular weight is 971 g/mol. The van der Waals surface area contributed by atoms with E-state index in [9.17, 15) is 0 Å². The van der Waals surface area contributed by atoms with Gasteiger partial charge in [0.2, 0.25) is 0 Å². The third-order valence-corrected chi connectivity index (χ3v) is 10.4. The Morgan fingerprint density at radius 1 is 0.717 bits per heavy atom. The maximum atomic E-state index is 8.87. The van der Waals surface area contributed by atoms with Crippen molar-refractivity contribution < 1.29 is 35.9 Å². The topological polar surface area (TPSA) is 48.8 Å². The Morgan fingerprint density at radius 2 is 1.48 bits per heavy atom. The smallest absolute Gasteiger partial charge is 0.268 e. The van der Waals surface area contributed by atoms with Crippen LogP contribution < -0.4 is 9.30 Å². The van der Waals surface area contributed by atoms with Gasteiger partial charge >= 0.3 is 0 Å². The number of rotatable bonds is 10. The summed E-state index contributed by atoms with van der Waals surface area (Å²) in [6.45, 7) is 14.1. The summed E-state index contributed by atoms with van der Waals surface area (Å²) in [4.78, 5) is 9.37. The van der Waals surface area contributed by atoms with Gasteiger partial charge in [0.15, 0.2) is 0 Å². The molecular formula is C53H49N5OPt-2. The normalized spacial score (nSPS) is 13.3. The zero-order valence-corrected chi connectivity index (χ0v) is 37.1. The largest absolute Gasteiger partial charge is 0.508 e. The van der Waals surface area contributed by atoms with E-state index in [1.807, 2.05) is 102 Å². The summed E-state index contributed by atoms with van der Waals surface area (Å²) in [5.74, 6) is 0.951. The molecule has 0 amide bonds. The Balaban J connectivity index is 0.00000560. The first-order valence-corrected chi connectivity index (χ1v) is 20.2. The molecule has 0 aliphatic heterocycles. The van der Waals surface area contributed by atoms with E-state index in [-0.39, 0.29) is 38.3 Å². The number of hydrogen-bond acceptors (Lipinski definition) is 3. The van der Waals surface area contributed by atoms with Gasteiger partial charge in [0.1, 0.15) is 5.82 Å². The maximum absolute atomic E-state index is 8.87. The molecule has 9 rings (SSSR count). The molecule has 60 heavy (non-hydrogen) atoms. The minimum absolute atomic E-state index is 0. The van der Waals surface area contributed by atoms with Crippen LogP contribution in [-0.2, 0) is 39.2 Å². The molecule has 0 saturated carbocycles. The van der Waals surface area contributed by atoms with Crippen LogP contribution in [0.1, 0.15) is 70.6 Å². The first-order chi connectivity index (χ1) is 30.0. The molecule has 304 valence electrons. The van der Waals surface area contributed by atoms with Crippen LogP contribution in [0, 0.1) is 30.3 Å². The molecule has 0 saturated heterocycles. The molecule has 0 fully saturated rings. The summed E-state index contributed by atoms with van der Waals surface area (Å²) in [5.41, 5.74) is 9.21. The van der Waals surface area contributed by atoms with Gasteiger partial charge in [0.25, 0.3) is 6.33 Å². The summed E-state index contributed by atoms with van der Waals surface area (Å²) in [6.07, 6.45) is 5.48. The van der Waals surface area contributed by atoms with Crippen LogP contribution in [-0.4, -0.2) is 19.1 Å². The summed E-state index contributed by atoms with van der Waals surface area (Å²) >= 11 is 0. The van der Waals surface area contributed by atoms with Crippen LogP contribution in [0.2, 0.25) is 0 Å². The predicted molar refractivity (Wildman–Crippen MR) is 239 cm³/mol. The monoisotopic (exact) mass is 970 g/mol. The van der Waals surface area contributed by atoms with Crippen LogP contribution in [0.3, 0.4) is 0 Å². The van der Waals surface area contributed by atoms with Gasteiger partial charge in [-0.05, 0) is 106 Å². The SMILES string of the molecule is [2H]C([2H])(c1cccc(-[n+]2[c-]n(-c3[c-]c(Oc4[c-]c5c(cc4)c4cc(-c6ccccc6)ccc4n5-c4cc(C([2H])([2H])C(C)C)ccn4)cnc3)c3ccc(C(C)(C)C)cc32)c1)C(C)C.[Pt]. The molecule has 0 aliphatic rings. The van der Waals surface area contributed by atoms with E-state index in [0.29, 0.717) is 34.1 Å². The Bertz CT molecular complexity index is 3170. The number of pyridine rings is 2. The first kappa shape index (κ1) is 36.0. The Hall–Kier alpha value is -5.84. The van der Waals surface area contributed by atoms with E-state index in [1.165, 1.54) is 0 Å². The first-order valence-electron chi connectivity index (χ1n) is 22.2. The van der Waals surface area contributed by atoms with E-state index >= 15 is 0 Å². The van der Waals surface area contributed by atoms with Gasteiger partial charge in [-0.1, -0.05) is 132 Å². The van der Waals surface area contributed by atoms with Crippen molar-refractivity contribution in [1.82, 2.24) is 19.1 Å². The number of aromatic nitrogens is 5. The van der Waals surface area contributed by atoms with Gasteiger partial charge in [0, 0.05) is 49.8 Å². The summed E-state index contributed by atoms with van der Waals surface area (Å²) in [7, 11) is 0. The minimum Gasteiger partial charge on any atom is -0.508 e. The molecule has 0 atom stereocenters. The molecule has 0 N–H and O–H groups in total. The summed E-state index contributed by atoms with van der Waals surface area (Å²) in [5, 5.41) is 1.95. The van der Waals surface area contributed by atoms with Crippen molar-refractivity contribution in [1.29, 1.82) is 0 Å². The fourth-order valence-electron chi connectivity index (χ4n) is 7.66. The fraction of sp³-hybridized carbons (Fsp3) is 0.226. The zero-order valence-electron chi connectivity index (χ0n) is 38.8. The standard InChI is InChI=1S/C53H49N5O.Pt/c1-35(2)24-37-12-11-15-42(26-37)56-34-57(49-21-17-41(29-51(49)56)53(5,6)7)43-30-45(33-54-32-43)59-44-18-19-46-47-28-40(39-13-9-8-10-14-39)16-20-48(47)58(50(46)31-44)52-27-38(22-23-55-52)25-36(3)4;/h8-23,26-29,32-33,35-36H,24-25H2,1-7H3;/q-2;/i24D2,25D2;. The molecule has 9 aromatic rings. The minimum atomic E-state index is -1.56.